The van der Waals surface area contributed by atoms with Crippen molar-refractivity contribution in [2.45, 2.75) is 64.6 Å². The molecule has 0 saturated carbocycles. The second-order valence-corrected chi connectivity index (χ2v) is 8.15. The molecule has 0 radical (unpaired) electrons. The fraction of sp³-hybridized carbons (Fsp3) is 0.636. The first-order valence-corrected chi connectivity index (χ1v) is 10.4. The molecule has 1 aromatic carbocycles. The number of fused-ring (bicyclic) bond motifs is 2. The van der Waals surface area contributed by atoms with Crippen molar-refractivity contribution in [3.05, 3.63) is 34.9 Å². The predicted molar refractivity (Wildman–Crippen MR) is 110 cm³/mol. The molecule has 1 aromatic rings. The molecule has 3 rings (SSSR count). The second-order valence-electron chi connectivity index (χ2n) is 8.15. The van der Waals surface area contributed by atoms with Gasteiger partial charge in [-0.3, -0.25) is 4.79 Å². The highest BCUT2D eigenvalue weighted by atomic mass is 16.6. The van der Waals surface area contributed by atoms with Crippen LogP contribution in [0.1, 0.15) is 54.1 Å². The largest absolute Gasteiger partial charge is 0.450 e. The van der Waals surface area contributed by atoms with Gasteiger partial charge in [-0.1, -0.05) is 6.07 Å². The van der Waals surface area contributed by atoms with Gasteiger partial charge in [-0.15, -0.1) is 0 Å². The van der Waals surface area contributed by atoms with Gasteiger partial charge >= 0.3 is 6.09 Å². The number of benzene rings is 1. The monoisotopic (exact) mass is 387 g/mol. The van der Waals surface area contributed by atoms with E-state index in [2.05, 4.69) is 17.3 Å². The van der Waals surface area contributed by atoms with Gasteiger partial charge < -0.3 is 19.9 Å². The van der Waals surface area contributed by atoms with E-state index >= 15 is 0 Å². The van der Waals surface area contributed by atoms with Gasteiger partial charge in [0.15, 0.2) is 0 Å². The lowest BCUT2D eigenvalue weighted by atomic mass is 9.96. The van der Waals surface area contributed by atoms with Gasteiger partial charge in [0.25, 0.3) is 5.91 Å². The van der Waals surface area contributed by atoms with Crippen LogP contribution in [0.4, 0.5) is 4.79 Å². The summed E-state index contributed by atoms with van der Waals surface area (Å²) < 4.78 is 5.23. The van der Waals surface area contributed by atoms with Crippen molar-refractivity contribution < 1.29 is 14.3 Å². The maximum Gasteiger partial charge on any atom is 0.410 e. The normalized spacial score (nSPS) is 23.8. The number of nitrogens with one attached hydrogen (secondary N) is 1. The number of carbonyl (C=O) groups excluding carboxylic acids is 2. The fourth-order valence-electron chi connectivity index (χ4n) is 4.52. The quantitative estimate of drug-likeness (QED) is 0.815. The number of ether oxygens (including phenoxy) is 1. The number of aryl methyl sites for hydroxylation is 2. The molecule has 2 saturated heterocycles. The zero-order valence-corrected chi connectivity index (χ0v) is 17.5. The number of hydrogen-bond donors (Lipinski definition) is 1. The van der Waals surface area contributed by atoms with Crippen molar-refractivity contribution >= 4 is 12.0 Å². The maximum atomic E-state index is 12.4. The van der Waals surface area contributed by atoms with Crippen molar-refractivity contribution in [1.29, 1.82) is 0 Å². The van der Waals surface area contributed by atoms with Crippen LogP contribution in [0.15, 0.2) is 18.2 Å². The molecule has 2 fully saturated rings. The number of likely N-dealkylation sites (N-methyl/N-ethyl adjacent to an activating group) is 1. The van der Waals surface area contributed by atoms with E-state index in [0.29, 0.717) is 24.8 Å². The molecule has 2 amide bonds. The van der Waals surface area contributed by atoms with Crippen molar-refractivity contribution in [3.8, 4) is 0 Å². The molecule has 2 bridgehead atoms. The second kappa shape index (κ2) is 8.95. The first-order chi connectivity index (χ1) is 13.4. The SMILES string of the molecule is CCOC(=O)N1C2CCC1CC(N(C)CCNC(=O)c1ccc(C)c(C)c1)C2. The van der Waals surface area contributed by atoms with Gasteiger partial charge in [-0.05, 0) is 76.8 Å². The summed E-state index contributed by atoms with van der Waals surface area (Å²) >= 11 is 0. The Bertz CT molecular complexity index is 707. The molecule has 2 atom stereocenters. The number of amides is 2. The van der Waals surface area contributed by atoms with E-state index in [0.717, 1.165) is 37.8 Å². The summed E-state index contributed by atoms with van der Waals surface area (Å²) in [7, 11) is 2.12. The minimum absolute atomic E-state index is 0.0197. The summed E-state index contributed by atoms with van der Waals surface area (Å²) in [5, 5.41) is 3.03. The highest BCUT2D eigenvalue weighted by molar-refractivity contribution is 5.94. The Labute approximate surface area is 168 Å². The highest BCUT2D eigenvalue weighted by Gasteiger charge is 2.44. The summed E-state index contributed by atoms with van der Waals surface area (Å²) in [6.45, 7) is 7.78. The van der Waals surface area contributed by atoms with Crippen LogP contribution in [0.2, 0.25) is 0 Å². The molecule has 6 heteroatoms. The minimum Gasteiger partial charge on any atom is -0.450 e. The molecular formula is C22H33N3O3. The molecule has 6 nitrogen and oxygen atoms in total. The Balaban J connectivity index is 1.47. The molecule has 2 unspecified atom stereocenters. The van der Waals surface area contributed by atoms with E-state index in [1.54, 1.807) is 0 Å². The lowest BCUT2D eigenvalue weighted by Crippen LogP contribution is -2.52. The van der Waals surface area contributed by atoms with E-state index in [9.17, 15) is 9.59 Å². The molecule has 2 heterocycles. The zero-order chi connectivity index (χ0) is 20.3. The number of carbonyl (C=O) groups is 2. The third-order valence-electron chi connectivity index (χ3n) is 6.33. The summed E-state index contributed by atoms with van der Waals surface area (Å²) in [5.74, 6) is -0.0197. The Kier molecular flexibility index (Phi) is 6.60. The van der Waals surface area contributed by atoms with Crippen LogP contribution in [-0.4, -0.2) is 66.7 Å². The standard InChI is InChI=1S/C22H33N3O3/c1-5-28-22(27)25-18-8-9-19(25)14-20(13-18)24(4)11-10-23-21(26)17-7-6-15(2)16(3)12-17/h6-7,12,18-20H,5,8-11,13-14H2,1-4H3,(H,23,26). The van der Waals surface area contributed by atoms with Crippen LogP contribution in [-0.2, 0) is 4.74 Å². The van der Waals surface area contributed by atoms with Gasteiger partial charge in [-0.25, -0.2) is 4.79 Å². The molecule has 28 heavy (non-hydrogen) atoms. The number of piperidine rings is 1. The Hall–Kier alpha value is -2.08. The Morgan fingerprint density at radius 3 is 2.46 bits per heavy atom. The topological polar surface area (TPSA) is 61.9 Å². The van der Waals surface area contributed by atoms with Gasteiger partial charge in [-0.2, -0.15) is 0 Å². The molecule has 0 spiro atoms. The van der Waals surface area contributed by atoms with Crippen LogP contribution in [0.3, 0.4) is 0 Å². The van der Waals surface area contributed by atoms with Crippen molar-refractivity contribution in [2.24, 2.45) is 0 Å². The molecule has 154 valence electrons. The van der Waals surface area contributed by atoms with Gasteiger partial charge in [0.05, 0.1) is 6.61 Å². The first kappa shape index (κ1) is 20.6. The van der Waals surface area contributed by atoms with Crippen molar-refractivity contribution in [2.75, 3.05) is 26.7 Å². The number of nitrogens with zero attached hydrogens (tertiary/aromatic N) is 2. The van der Waals surface area contributed by atoms with Crippen molar-refractivity contribution in [1.82, 2.24) is 15.1 Å². The summed E-state index contributed by atoms with van der Waals surface area (Å²) in [5.41, 5.74) is 3.04. The summed E-state index contributed by atoms with van der Waals surface area (Å²) in [6, 6.07) is 6.83. The van der Waals surface area contributed by atoms with E-state index in [-0.39, 0.29) is 24.1 Å². The zero-order valence-electron chi connectivity index (χ0n) is 17.5. The van der Waals surface area contributed by atoms with E-state index in [1.807, 2.05) is 43.9 Å². The average Bonchev–Trinajstić information content (AvgIpc) is 2.93. The van der Waals surface area contributed by atoms with Crippen LogP contribution < -0.4 is 5.32 Å². The van der Waals surface area contributed by atoms with Crippen LogP contribution in [0.5, 0.6) is 0 Å². The lowest BCUT2D eigenvalue weighted by molar-refractivity contribution is 0.0472. The smallest absolute Gasteiger partial charge is 0.410 e. The Morgan fingerprint density at radius 2 is 1.86 bits per heavy atom. The Morgan fingerprint density at radius 1 is 1.18 bits per heavy atom. The van der Waals surface area contributed by atoms with Crippen LogP contribution in [0, 0.1) is 13.8 Å². The number of hydrogen-bond acceptors (Lipinski definition) is 4. The highest BCUT2D eigenvalue weighted by Crippen LogP contribution is 2.37. The molecule has 0 aliphatic carbocycles. The third-order valence-corrected chi connectivity index (χ3v) is 6.33. The molecule has 1 N–H and O–H groups in total. The lowest BCUT2D eigenvalue weighted by Gasteiger charge is -2.41. The minimum atomic E-state index is -0.156. The van der Waals surface area contributed by atoms with Gasteiger partial charge in [0.2, 0.25) is 0 Å². The van der Waals surface area contributed by atoms with Gasteiger partial charge in [0.1, 0.15) is 0 Å². The maximum absolute atomic E-state index is 12.4. The third kappa shape index (κ3) is 4.49. The summed E-state index contributed by atoms with van der Waals surface area (Å²) in [4.78, 5) is 28.9. The van der Waals surface area contributed by atoms with E-state index in [4.69, 9.17) is 4.74 Å². The van der Waals surface area contributed by atoms with Crippen molar-refractivity contribution in [3.63, 3.8) is 0 Å². The van der Waals surface area contributed by atoms with Crippen LogP contribution in [0.25, 0.3) is 0 Å². The predicted octanol–water partition coefficient (Wildman–Crippen LogP) is 3.12. The summed E-state index contributed by atoms with van der Waals surface area (Å²) in [6.07, 6.45) is 3.94. The van der Waals surface area contributed by atoms with E-state index < -0.39 is 0 Å². The van der Waals surface area contributed by atoms with Gasteiger partial charge in [0, 0.05) is 36.8 Å². The first-order valence-electron chi connectivity index (χ1n) is 10.4. The fourth-order valence-corrected chi connectivity index (χ4v) is 4.52. The molecule has 0 aromatic heterocycles. The molecular weight excluding hydrogens is 354 g/mol. The number of rotatable bonds is 6. The molecule has 2 aliphatic rings. The molecule has 2 aliphatic heterocycles. The van der Waals surface area contributed by atoms with E-state index in [1.165, 1.54) is 5.56 Å². The van der Waals surface area contributed by atoms with Crippen LogP contribution >= 0.6 is 0 Å². The average molecular weight is 388 g/mol.